The molecule has 9 aromatic rings. The highest BCUT2D eigenvalue weighted by Gasteiger charge is 2.47. The lowest BCUT2D eigenvalue weighted by atomic mass is 9.68. The summed E-state index contributed by atoms with van der Waals surface area (Å²) >= 11 is 0. The summed E-state index contributed by atoms with van der Waals surface area (Å²) in [5.41, 5.74) is 30.7. The smallest absolute Gasteiger partial charge is 0.127 e. The van der Waals surface area contributed by atoms with Gasteiger partial charge in [-0.15, -0.1) is 6.58 Å². The molecule has 1 aliphatic carbocycles. The van der Waals surface area contributed by atoms with Crippen LogP contribution in [-0.4, -0.2) is 31.5 Å². The largest absolute Gasteiger partial charge is 0.494 e. The minimum absolute atomic E-state index is 0.00960. The predicted octanol–water partition coefficient (Wildman–Crippen LogP) is 29.5. The number of rotatable bonds is 32. The molecule has 1 fully saturated rings. The second kappa shape index (κ2) is 45.3. The molecular formula is C108H130O4. The topological polar surface area (TPSA) is 40.2 Å². The summed E-state index contributed by atoms with van der Waals surface area (Å²) in [7, 11) is 0. The van der Waals surface area contributed by atoms with Crippen molar-refractivity contribution in [1.82, 2.24) is 0 Å². The third-order valence-corrected chi connectivity index (χ3v) is 20.6. The minimum Gasteiger partial charge on any atom is -0.494 e. The van der Waals surface area contributed by atoms with Gasteiger partial charge in [-0.1, -0.05) is 278 Å². The molecule has 1 saturated heterocycles. The molecule has 1 atom stereocenters. The molecule has 11 rings (SSSR count). The van der Waals surface area contributed by atoms with Gasteiger partial charge in [-0.3, -0.25) is 0 Å². The van der Waals surface area contributed by atoms with Crippen LogP contribution in [0.4, 0.5) is 0 Å². The van der Waals surface area contributed by atoms with E-state index in [4.69, 9.17) is 18.9 Å². The highest BCUT2D eigenvalue weighted by atomic mass is 16.6. The van der Waals surface area contributed by atoms with E-state index in [1.807, 2.05) is 36.5 Å². The van der Waals surface area contributed by atoms with Crippen molar-refractivity contribution in [3.8, 4) is 39.5 Å². The fraction of sp³-hybridized carbons (Fsp3) is 0.315. The first-order valence-corrected chi connectivity index (χ1v) is 40.6. The maximum Gasteiger partial charge on any atom is 0.127 e. The molecule has 0 N–H and O–H groups in total. The molecule has 0 aromatic heterocycles. The molecule has 1 unspecified atom stereocenters. The quantitative estimate of drug-likeness (QED) is 0.0182. The Hall–Kier alpha value is -10.3. The number of aryl methyl sites for hydroxylation is 12. The highest BCUT2D eigenvalue weighted by molar-refractivity contribution is 5.94. The van der Waals surface area contributed by atoms with E-state index in [1.165, 1.54) is 134 Å². The lowest BCUT2D eigenvalue weighted by Crippen LogP contribution is -2.27. The van der Waals surface area contributed by atoms with Crippen molar-refractivity contribution in [1.29, 1.82) is 0 Å². The molecule has 2 aliphatic rings. The first-order valence-electron chi connectivity index (χ1n) is 40.6. The van der Waals surface area contributed by atoms with E-state index in [0.717, 1.165) is 105 Å². The first kappa shape index (κ1) is 88.9. The van der Waals surface area contributed by atoms with Crippen LogP contribution in [0.5, 0.6) is 17.2 Å². The molecule has 586 valence electrons. The minimum atomic E-state index is -0.0849. The van der Waals surface area contributed by atoms with Crippen LogP contribution in [0.1, 0.15) is 187 Å². The number of epoxide rings is 1. The fourth-order valence-electron chi connectivity index (χ4n) is 14.5. The summed E-state index contributed by atoms with van der Waals surface area (Å²) in [5.74, 6) is 2.82. The Bertz CT molecular complexity index is 4700. The van der Waals surface area contributed by atoms with Gasteiger partial charge < -0.3 is 18.9 Å². The van der Waals surface area contributed by atoms with E-state index in [2.05, 4.69) is 350 Å². The van der Waals surface area contributed by atoms with Crippen molar-refractivity contribution in [2.24, 2.45) is 0 Å². The highest BCUT2D eigenvalue weighted by Crippen LogP contribution is 2.56. The van der Waals surface area contributed by atoms with Crippen LogP contribution in [0.3, 0.4) is 0 Å². The number of unbranched alkanes of at least 4 members (excludes halogenated alkanes) is 3. The third kappa shape index (κ3) is 27.6. The molecule has 112 heavy (non-hydrogen) atoms. The average Bonchev–Trinajstić information content (AvgIpc) is 1.55. The molecule has 1 heterocycles. The Kier molecular flexibility index (Phi) is 36.0. The molecule has 0 bridgehead atoms. The normalized spacial score (nSPS) is 13.5. The zero-order valence-electron chi connectivity index (χ0n) is 71.0. The molecule has 0 radical (unpaired) electrons. The van der Waals surface area contributed by atoms with Crippen molar-refractivity contribution in [3.05, 3.63) is 387 Å². The second-order valence-electron chi connectivity index (χ2n) is 31.3. The van der Waals surface area contributed by atoms with Gasteiger partial charge in [0, 0.05) is 22.6 Å². The van der Waals surface area contributed by atoms with E-state index in [-0.39, 0.29) is 11.0 Å². The number of benzene rings is 9. The Morgan fingerprint density at radius 3 is 1.46 bits per heavy atom. The Balaban J connectivity index is 0.000000198. The van der Waals surface area contributed by atoms with Gasteiger partial charge >= 0.3 is 0 Å². The number of hydrogen-bond acceptors (Lipinski definition) is 4. The molecule has 9 aromatic carbocycles. The maximum absolute atomic E-state index is 6.15. The SMILES string of the molecule is C=C/C(C)=C/CCCc1cc(C)ccc1-c1ccc(C)cc1.C=C/C=C/CCCC1(c2ccc(C)cc2)c2cc(C)ccc2-c2ccc(C)cc21.C=C/C=C/Cc1cc(C)c(CC=C)cc1C.C=C/C=C\CCOc1cc(C)cc2c(OCCC3OC3(C)C)cc(C)cc12.CC(C)=C/C=C/CCCOc1cc(C)cc(C)c1. The number of hydrogen-bond donors (Lipinski definition) is 0. The van der Waals surface area contributed by atoms with Gasteiger partial charge in [-0.05, 0) is 307 Å². The monoisotopic (exact) mass is 1490 g/mol. The molecule has 0 amide bonds. The lowest BCUT2D eigenvalue weighted by molar-refractivity contribution is 0.276. The van der Waals surface area contributed by atoms with Gasteiger partial charge in [0.25, 0.3) is 0 Å². The summed E-state index contributed by atoms with van der Waals surface area (Å²) in [5, 5.41) is 2.21. The molecule has 1 aliphatic heterocycles. The Morgan fingerprint density at radius 1 is 0.429 bits per heavy atom. The van der Waals surface area contributed by atoms with E-state index in [9.17, 15) is 0 Å². The van der Waals surface area contributed by atoms with Crippen LogP contribution in [0, 0.1) is 76.2 Å². The van der Waals surface area contributed by atoms with Crippen molar-refractivity contribution >= 4 is 10.8 Å². The maximum atomic E-state index is 6.15. The molecule has 4 nitrogen and oxygen atoms in total. The van der Waals surface area contributed by atoms with Gasteiger partial charge in [-0.25, -0.2) is 0 Å². The molecule has 0 spiro atoms. The van der Waals surface area contributed by atoms with E-state index < -0.39 is 0 Å². The average molecular weight is 1490 g/mol. The van der Waals surface area contributed by atoms with Crippen LogP contribution in [0.2, 0.25) is 0 Å². The predicted molar refractivity (Wildman–Crippen MR) is 488 cm³/mol. The van der Waals surface area contributed by atoms with Crippen LogP contribution in [-0.2, 0) is 29.4 Å². The summed E-state index contributed by atoms with van der Waals surface area (Å²) in [4.78, 5) is 0. The zero-order chi connectivity index (χ0) is 81.2. The van der Waals surface area contributed by atoms with Gasteiger partial charge in [0.1, 0.15) is 17.2 Å². The summed E-state index contributed by atoms with van der Waals surface area (Å²) in [6.45, 7) is 55.0. The van der Waals surface area contributed by atoms with Gasteiger partial charge in [0.2, 0.25) is 0 Å². The fourth-order valence-corrected chi connectivity index (χ4v) is 14.5. The van der Waals surface area contributed by atoms with Crippen LogP contribution >= 0.6 is 0 Å². The van der Waals surface area contributed by atoms with Gasteiger partial charge in [-0.2, -0.15) is 0 Å². The van der Waals surface area contributed by atoms with Crippen LogP contribution < -0.4 is 14.2 Å². The van der Waals surface area contributed by atoms with E-state index in [0.29, 0.717) is 19.3 Å². The van der Waals surface area contributed by atoms with E-state index in [1.54, 1.807) is 6.08 Å². The summed E-state index contributed by atoms with van der Waals surface area (Å²) in [6.07, 6.45) is 43.3. The lowest BCUT2D eigenvalue weighted by Gasteiger charge is -2.33. The van der Waals surface area contributed by atoms with Crippen LogP contribution in [0.25, 0.3) is 33.0 Å². The van der Waals surface area contributed by atoms with Crippen molar-refractivity contribution in [3.63, 3.8) is 0 Å². The Morgan fingerprint density at radius 2 is 0.920 bits per heavy atom. The van der Waals surface area contributed by atoms with Crippen molar-refractivity contribution in [2.45, 2.75) is 205 Å². The number of fused-ring (bicyclic) bond motifs is 4. The molecule has 4 heteroatoms. The van der Waals surface area contributed by atoms with Gasteiger partial charge in [0.05, 0.1) is 31.5 Å². The number of allylic oxidation sites excluding steroid dienone is 16. The van der Waals surface area contributed by atoms with Gasteiger partial charge in [0.15, 0.2) is 0 Å². The standard InChI is InChI=1S/C29H30.C24H30O3.C22H26.C17H24O.C16H20/c1-5-6-7-8-9-18-29(24-14-10-21(2)11-15-24)27-19-22(3)12-16-25(27)26-17-13-23(4)20-28(26)29;1-6-7-8-9-11-25-21-15-17(2)14-20-19(21)13-18(3)16-22(20)26-12-10-23-24(4,5)27-23;1-5-17(2)8-6-7-9-21-16-19(4)12-15-22(21)20-13-10-18(3)11-14-20;1-14(2)9-7-5-6-8-10-18-17-12-15(3)11-16(4)13-17;1-5-7-8-10-16-12-13(3)15(9-6-2)11-14(16)4/h5-7,10-17,19-20H,1,8-9,18H2,2-4H3;6-8,13-16,23H,1,9-12H2,2-5H3;5,8,10-16H,1,6-7,9H2,2-4H3;5,7,9,11-13H,6,8,10H2,1-4H3;5-8,11-12H,1-2,9-10H2,3-4H3/b7-6+;8-7-;17-8+;7-5+;8-7+. The Labute approximate surface area is 677 Å². The third-order valence-electron chi connectivity index (χ3n) is 20.6. The van der Waals surface area contributed by atoms with Crippen molar-refractivity contribution in [2.75, 3.05) is 19.8 Å². The zero-order valence-corrected chi connectivity index (χ0v) is 71.0. The molecule has 0 saturated carbocycles. The number of ether oxygens (including phenoxy) is 4. The summed E-state index contributed by atoms with van der Waals surface area (Å²) < 4.78 is 23.6. The first-order chi connectivity index (χ1) is 53.8. The second-order valence-corrected chi connectivity index (χ2v) is 31.3. The van der Waals surface area contributed by atoms with Crippen molar-refractivity contribution < 1.29 is 18.9 Å². The van der Waals surface area contributed by atoms with Crippen LogP contribution in [0.15, 0.2) is 293 Å². The van der Waals surface area contributed by atoms with E-state index >= 15 is 0 Å². The molecular weight excluding hydrogens is 1360 g/mol. The summed E-state index contributed by atoms with van der Waals surface area (Å²) in [6, 6.07) is 58.3.